The van der Waals surface area contributed by atoms with Crippen molar-refractivity contribution in [1.82, 2.24) is 4.98 Å². The Bertz CT molecular complexity index is 850. The van der Waals surface area contributed by atoms with Crippen LogP contribution in [0.1, 0.15) is 11.1 Å². The van der Waals surface area contributed by atoms with E-state index >= 15 is 0 Å². The number of nitriles is 1. The highest BCUT2D eigenvalue weighted by atomic mass is 16.1. The smallest absolute Gasteiger partial charge is 0.142 e. The molecule has 3 heteroatoms. The fraction of sp³-hybridized carbons (Fsp3) is 0. The van der Waals surface area contributed by atoms with E-state index in [4.69, 9.17) is 0 Å². The van der Waals surface area contributed by atoms with Gasteiger partial charge >= 0.3 is 0 Å². The minimum Gasteiger partial charge on any atom is -0.353 e. The summed E-state index contributed by atoms with van der Waals surface area (Å²) in [7, 11) is 0. The summed E-state index contributed by atoms with van der Waals surface area (Å²) in [5, 5.41) is 11.3. The minimum atomic E-state index is 0.583. The predicted octanol–water partition coefficient (Wildman–Crippen LogP) is 3.40. The topological polar surface area (TPSA) is 56.6 Å². The van der Waals surface area contributed by atoms with Gasteiger partial charge in [-0.25, -0.2) is 0 Å². The summed E-state index contributed by atoms with van der Waals surface area (Å²) in [6, 6.07) is 13.9. The molecule has 3 aromatic rings. The molecule has 90 valence electrons. The first-order valence-corrected chi connectivity index (χ1v) is 5.90. The second-order valence-electron chi connectivity index (χ2n) is 4.27. The lowest BCUT2D eigenvalue weighted by atomic mass is 10.0. The van der Waals surface area contributed by atoms with Crippen molar-refractivity contribution in [1.29, 1.82) is 5.26 Å². The molecule has 0 saturated heterocycles. The number of fused-ring (bicyclic) bond motifs is 3. The minimum absolute atomic E-state index is 0.583. The number of nitrogens with one attached hydrogen (secondary N) is 1. The number of carbonyl (C=O) groups is 1. The number of H-pyrrole nitrogens is 1. The van der Waals surface area contributed by atoms with Gasteiger partial charge in [-0.2, -0.15) is 5.26 Å². The van der Waals surface area contributed by atoms with Gasteiger partial charge in [-0.05, 0) is 29.8 Å². The fourth-order valence-corrected chi connectivity index (χ4v) is 2.31. The molecule has 0 aliphatic carbocycles. The zero-order chi connectivity index (χ0) is 13.2. The molecule has 1 aromatic heterocycles. The molecule has 19 heavy (non-hydrogen) atoms. The lowest BCUT2D eigenvalue weighted by molar-refractivity contribution is -0.104. The van der Waals surface area contributed by atoms with Gasteiger partial charge in [-0.15, -0.1) is 0 Å². The normalized spacial score (nSPS) is 11.1. The quantitative estimate of drug-likeness (QED) is 0.556. The maximum Gasteiger partial charge on any atom is 0.142 e. The van der Waals surface area contributed by atoms with Crippen LogP contribution < -0.4 is 0 Å². The van der Waals surface area contributed by atoms with Gasteiger partial charge in [-0.3, -0.25) is 4.79 Å². The monoisotopic (exact) mass is 246 g/mol. The average molecular weight is 246 g/mol. The molecule has 0 unspecified atom stereocenters. The number of nitrogens with zero attached hydrogens (tertiary/aromatic N) is 1. The van der Waals surface area contributed by atoms with E-state index in [2.05, 4.69) is 11.1 Å². The van der Waals surface area contributed by atoms with Gasteiger partial charge in [-0.1, -0.05) is 24.3 Å². The van der Waals surface area contributed by atoms with Crippen LogP contribution >= 0.6 is 0 Å². The van der Waals surface area contributed by atoms with Crippen LogP contribution in [0.4, 0.5) is 0 Å². The van der Waals surface area contributed by atoms with Crippen molar-refractivity contribution in [3.63, 3.8) is 0 Å². The molecule has 3 rings (SSSR count). The van der Waals surface area contributed by atoms with Crippen LogP contribution in [0, 0.1) is 11.3 Å². The SMILES string of the molecule is N#Cc1cc(/C=C/C=O)cc2c1[nH]c1ccccc12. The lowest BCUT2D eigenvalue weighted by Crippen LogP contribution is -1.81. The Hall–Kier alpha value is -2.86. The maximum absolute atomic E-state index is 10.4. The zero-order valence-electron chi connectivity index (χ0n) is 10.1. The van der Waals surface area contributed by atoms with E-state index in [1.807, 2.05) is 30.3 Å². The summed E-state index contributed by atoms with van der Waals surface area (Å²) in [6.07, 6.45) is 3.86. The number of aromatic nitrogens is 1. The molecule has 0 bridgehead atoms. The highest BCUT2D eigenvalue weighted by Gasteiger charge is 2.08. The van der Waals surface area contributed by atoms with Gasteiger partial charge in [0.25, 0.3) is 0 Å². The molecule has 3 nitrogen and oxygen atoms in total. The molecular formula is C16H10N2O. The highest BCUT2D eigenvalue weighted by Crippen LogP contribution is 2.29. The van der Waals surface area contributed by atoms with Crippen LogP contribution in [0.3, 0.4) is 0 Å². The first kappa shape index (κ1) is 11.2. The van der Waals surface area contributed by atoms with Crippen molar-refractivity contribution in [3.05, 3.63) is 53.6 Å². The number of allylic oxidation sites excluding steroid dienone is 1. The van der Waals surface area contributed by atoms with Crippen molar-refractivity contribution >= 4 is 34.2 Å². The number of benzene rings is 2. The summed E-state index contributed by atoms with van der Waals surface area (Å²) in [5.74, 6) is 0. The van der Waals surface area contributed by atoms with Gasteiger partial charge in [0.05, 0.1) is 11.1 Å². The fourth-order valence-electron chi connectivity index (χ4n) is 2.31. The molecular weight excluding hydrogens is 236 g/mol. The molecule has 0 atom stereocenters. The lowest BCUT2D eigenvalue weighted by Gasteiger charge is -1.98. The largest absolute Gasteiger partial charge is 0.353 e. The molecule has 0 aliphatic heterocycles. The molecule has 1 N–H and O–H groups in total. The standard InChI is InChI=1S/C16H10N2O/c17-10-12-8-11(4-3-7-19)9-14-13-5-1-2-6-15(13)18-16(12)14/h1-9,18H/b4-3+. The van der Waals surface area contributed by atoms with E-state index in [1.54, 1.807) is 12.1 Å². The van der Waals surface area contributed by atoms with Gasteiger partial charge in [0.1, 0.15) is 12.4 Å². The number of aromatic amines is 1. The number of hydrogen-bond acceptors (Lipinski definition) is 2. The van der Waals surface area contributed by atoms with Gasteiger partial charge in [0, 0.05) is 16.3 Å². The van der Waals surface area contributed by atoms with Crippen LogP contribution in [-0.2, 0) is 4.79 Å². The van der Waals surface area contributed by atoms with E-state index in [9.17, 15) is 10.1 Å². The molecule has 0 spiro atoms. The van der Waals surface area contributed by atoms with E-state index in [-0.39, 0.29) is 0 Å². The first-order valence-electron chi connectivity index (χ1n) is 5.90. The Morgan fingerprint density at radius 2 is 2.00 bits per heavy atom. The molecule has 0 radical (unpaired) electrons. The third-order valence-corrected chi connectivity index (χ3v) is 3.13. The van der Waals surface area contributed by atoms with E-state index in [1.165, 1.54) is 6.08 Å². The molecule has 0 fully saturated rings. The van der Waals surface area contributed by atoms with E-state index in [0.717, 1.165) is 33.7 Å². The van der Waals surface area contributed by atoms with E-state index < -0.39 is 0 Å². The molecule has 0 saturated carbocycles. The summed E-state index contributed by atoms with van der Waals surface area (Å²) in [6.45, 7) is 0. The first-order chi connectivity index (χ1) is 9.33. The summed E-state index contributed by atoms with van der Waals surface area (Å²) < 4.78 is 0. The van der Waals surface area contributed by atoms with Crippen molar-refractivity contribution in [2.24, 2.45) is 0 Å². The molecule has 0 aliphatic rings. The predicted molar refractivity (Wildman–Crippen MR) is 75.6 cm³/mol. The maximum atomic E-state index is 10.4. The average Bonchev–Trinajstić information content (AvgIpc) is 2.83. The van der Waals surface area contributed by atoms with Gasteiger partial charge in [0.15, 0.2) is 0 Å². The number of aldehydes is 1. The summed E-state index contributed by atoms with van der Waals surface area (Å²) in [4.78, 5) is 13.7. The third kappa shape index (κ3) is 1.80. The van der Waals surface area contributed by atoms with Crippen molar-refractivity contribution in [2.45, 2.75) is 0 Å². The van der Waals surface area contributed by atoms with E-state index in [0.29, 0.717) is 5.56 Å². The molecule has 1 heterocycles. The van der Waals surface area contributed by atoms with Crippen LogP contribution in [0.5, 0.6) is 0 Å². The van der Waals surface area contributed by atoms with Crippen molar-refractivity contribution in [3.8, 4) is 6.07 Å². The summed E-state index contributed by atoms with van der Waals surface area (Å²) in [5.41, 5.74) is 3.28. The van der Waals surface area contributed by atoms with Gasteiger partial charge < -0.3 is 4.98 Å². The van der Waals surface area contributed by atoms with Crippen LogP contribution in [0.25, 0.3) is 27.9 Å². The Balaban J connectivity index is 2.41. The number of carbonyl (C=O) groups excluding carboxylic acids is 1. The van der Waals surface area contributed by atoms with Crippen molar-refractivity contribution in [2.75, 3.05) is 0 Å². The number of para-hydroxylation sites is 1. The number of rotatable bonds is 2. The van der Waals surface area contributed by atoms with Crippen molar-refractivity contribution < 1.29 is 4.79 Å². The molecule has 0 amide bonds. The van der Waals surface area contributed by atoms with Gasteiger partial charge in [0.2, 0.25) is 0 Å². The zero-order valence-corrected chi connectivity index (χ0v) is 10.1. The Morgan fingerprint density at radius 1 is 1.16 bits per heavy atom. The molecule has 2 aromatic carbocycles. The van der Waals surface area contributed by atoms with Crippen LogP contribution in [0.2, 0.25) is 0 Å². The Kier molecular flexibility index (Phi) is 2.62. The Morgan fingerprint density at radius 3 is 2.79 bits per heavy atom. The third-order valence-electron chi connectivity index (χ3n) is 3.13. The van der Waals surface area contributed by atoms with Crippen LogP contribution in [-0.4, -0.2) is 11.3 Å². The summed E-state index contributed by atoms with van der Waals surface area (Å²) >= 11 is 0. The highest BCUT2D eigenvalue weighted by molar-refractivity contribution is 6.09. The second-order valence-corrected chi connectivity index (χ2v) is 4.27. The van der Waals surface area contributed by atoms with Crippen LogP contribution in [0.15, 0.2) is 42.5 Å². The Labute approximate surface area is 109 Å². The second kappa shape index (κ2) is 4.43. The number of hydrogen-bond donors (Lipinski definition) is 1.